The Balaban J connectivity index is 2.05. The standard InChI is InChI=1S/C14H9N3S/c15-8-7-11-9-18-14(16-11)13-6-5-10-3-1-2-4-12(10)17-13/h1-6,9H,7H2. The Bertz CT molecular complexity index is 740. The third-order valence-electron chi connectivity index (χ3n) is 2.63. The first-order valence-corrected chi connectivity index (χ1v) is 6.42. The van der Waals surface area contributed by atoms with E-state index in [4.69, 9.17) is 5.26 Å². The Kier molecular flexibility index (Phi) is 2.75. The third-order valence-corrected chi connectivity index (χ3v) is 3.54. The van der Waals surface area contributed by atoms with Crippen LogP contribution in [0.3, 0.4) is 0 Å². The van der Waals surface area contributed by atoms with E-state index in [0.29, 0.717) is 6.42 Å². The van der Waals surface area contributed by atoms with E-state index in [1.807, 2.05) is 41.8 Å². The number of nitriles is 1. The molecule has 0 amide bonds. The van der Waals surface area contributed by atoms with E-state index in [1.54, 1.807) is 0 Å². The van der Waals surface area contributed by atoms with Crippen LogP contribution in [-0.2, 0) is 6.42 Å². The van der Waals surface area contributed by atoms with Gasteiger partial charge in [0.2, 0.25) is 0 Å². The molecule has 3 aromatic rings. The predicted molar refractivity (Wildman–Crippen MR) is 72.2 cm³/mol. The van der Waals surface area contributed by atoms with Crippen molar-refractivity contribution in [3.05, 3.63) is 47.5 Å². The third kappa shape index (κ3) is 1.96. The molecule has 0 aliphatic rings. The SMILES string of the molecule is N#CCc1csc(-c2ccc3ccccc3n2)n1. The fraction of sp³-hybridized carbons (Fsp3) is 0.0714. The normalized spacial score (nSPS) is 10.4. The minimum Gasteiger partial charge on any atom is -0.245 e. The predicted octanol–water partition coefficient (Wildman–Crippen LogP) is 3.42. The molecular formula is C14H9N3S. The number of pyridine rings is 1. The van der Waals surface area contributed by atoms with Crippen LogP contribution in [0.2, 0.25) is 0 Å². The summed E-state index contributed by atoms with van der Waals surface area (Å²) in [5.74, 6) is 0. The van der Waals surface area contributed by atoms with Crippen LogP contribution in [0.5, 0.6) is 0 Å². The number of hydrogen-bond donors (Lipinski definition) is 0. The van der Waals surface area contributed by atoms with Gasteiger partial charge in [-0.1, -0.05) is 24.3 Å². The van der Waals surface area contributed by atoms with Crippen LogP contribution in [0.1, 0.15) is 5.69 Å². The summed E-state index contributed by atoms with van der Waals surface area (Å²) in [5, 5.41) is 12.5. The van der Waals surface area contributed by atoms with Gasteiger partial charge in [0, 0.05) is 10.8 Å². The van der Waals surface area contributed by atoms with E-state index in [-0.39, 0.29) is 0 Å². The number of aromatic nitrogens is 2. The van der Waals surface area contributed by atoms with Gasteiger partial charge in [-0.15, -0.1) is 11.3 Å². The zero-order valence-electron chi connectivity index (χ0n) is 9.50. The van der Waals surface area contributed by atoms with Crippen LogP contribution in [0.4, 0.5) is 0 Å². The fourth-order valence-corrected chi connectivity index (χ4v) is 2.56. The van der Waals surface area contributed by atoms with Crippen LogP contribution < -0.4 is 0 Å². The number of hydrogen-bond acceptors (Lipinski definition) is 4. The number of para-hydroxylation sites is 1. The second kappa shape index (κ2) is 4.55. The lowest BCUT2D eigenvalue weighted by molar-refractivity contribution is 1.15. The van der Waals surface area contributed by atoms with Crippen LogP contribution in [0.15, 0.2) is 41.8 Å². The fourth-order valence-electron chi connectivity index (χ4n) is 1.77. The summed E-state index contributed by atoms with van der Waals surface area (Å²) in [6, 6.07) is 14.1. The van der Waals surface area contributed by atoms with Gasteiger partial charge < -0.3 is 0 Å². The quantitative estimate of drug-likeness (QED) is 0.701. The summed E-state index contributed by atoms with van der Waals surface area (Å²) in [6.07, 6.45) is 0.351. The molecule has 0 atom stereocenters. The molecule has 3 nitrogen and oxygen atoms in total. The molecule has 1 aromatic carbocycles. The van der Waals surface area contributed by atoms with Crippen LogP contribution in [0.25, 0.3) is 21.6 Å². The van der Waals surface area contributed by atoms with Gasteiger partial charge in [-0.2, -0.15) is 5.26 Å². The molecule has 0 aliphatic heterocycles. The van der Waals surface area contributed by atoms with Gasteiger partial charge in [-0.05, 0) is 12.1 Å². The Morgan fingerprint density at radius 1 is 1.11 bits per heavy atom. The Hall–Kier alpha value is -2.25. The topological polar surface area (TPSA) is 49.6 Å². The highest BCUT2D eigenvalue weighted by atomic mass is 32.1. The molecule has 0 unspecified atom stereocenters. The summed E-state index contributed by atoms with van der Waals surface area (Å²) in [6.45, 7) is 0. The lowest BCUT2D eigenvalue weighted by atomic mass is 10.2. The highest BCUT2D eigenvalue weighted by Gasteiger charge is 2.06. The Morgan fingerprint density at radius 3 is 2.89 bits per heavy atom. The monoisotopic (exact) mass is 251 g/mol. The van der Waals surface area contributed by atoms with Gasteiger partial charge in [-0.3, -0.25) is 0 Å². The lowest BCUT2D eigenvalue weighted by Gasteiger charge is -1.99. The number of nitrogens with zero attached hydrogens (tertiary/aromatic N) is 3. The zero-order valence-corrected chi connectivity index (χ0v) is 10.3. The van der Waals surface area contributed by atoms with Crippen molar-refractivity contribution in [2.45, 2.75) is 6.42 Å². The molecule has 3 rings (SSSR count). The van der Waals surface area contributed by atoms with Crippen molar-refractivity contribution in [1.82, 2.24) is 9.97 Å². The molecule has 0 fully saturated rings. The Labute approximate surface area is 108 Å². The summed E-state index contributed by atoms with van der Waals surface area (Å²) < 4.78 is 0. The van der Waals surface area contributed by atoms with Crippen molar-refractivity contribution >= 4 is 22.2 Å². The van der Waals surface area contributed by atoms with Gasteiger partial charge >= 0.3 is 0 Å². The molecule has 0 aliphatic carbocycles. The average molecular weight is 251 g/mol. The molecule has 0 bridgehead atoms. The Morgan fingerprint density at radius 2 is 2.00 bits per heavy atom. The van der Waals surface area contributed by atoms with Gasteiger partial charge in [0.1, 0.15) is 5.01 Å². The minimum atomic E-state index is 0.351. The number of benzene rings is 1. The molecule has 0 saturated heterocycles. The maximum atomic E-state index is 8.64. The second-order valence-electron chi connectivity index (χ2n) is 3.87. The molecule has 0 saturated carbocycles. The van der Waals surface area contributed by atoms with Crippen molar-refractivity contribution in [2.24, 2.45) is 0 Å². The first-order chi connectivity index (χ1) is 8.86. The molecular weight excluding hydrogens is 242 g/mol. The van der Waals surface area contributed by atoms with Gasteiger partial charge in [0.05, 0.1) is 29.4 Å². The zero-order chi connectivity index (χ0) is 12.4. The molecule has 0 radical (unpaired) electrons. The van der Waals surface area contributed by atoms with Crippen LogP contribution in [-0.4, -0.2) is 9.97 Å². The first kappa shape index (κ1) is 10.9. The maximum absolute atomic E-state index is 8.64. The number of rotatable bonds is 2. The molecule has 0 spiro atoms. The highest BCUT2D eigenvalue weighted by molar-refractivity contribution is 7.13. The first-order valence-electron chi connectivity index (χ1n) is 5.54. The van der Waals surface area contributed by atoms with Crippen molar-refractivity contribution in [2.75, 3.05) is 0 Å². The summed E-state index contributed by atoms with van der Waals surface area (Å²) in [4.78, 5) is 8.99. The average Bonchev–Trinajstić information content (AvgIpc) is 2.87. The van der Waals surface area contributed by atoms with E-state index in [9.17, 15) is 0 Å². The summed E-state index contributed by atoms with van der Waals surface area (Å²) in [7, 11) is 0. The maximum Gasteiger partial charge on any atom is 0.142 e. The highest BCUT2D eigenvalue weighted by Crippen LogP contribution is 2.24. The largest absolute Gasteiger partial charge is 0.245 e. The van der Waals surface area contributed by atoms with E-state index in [0.717, 1.165) is 27.3 Å². The summed E-state index contributed by atoms with van der Waals surface area (Å²) >= 11 is 1.53. The number of fused-ring (bicyclic) bond motifs is 1. The van der Waals surface area contributed by atoms with E-state index in [2.05, 4.69) is 16.0 Å². The van der Waals surface area contributed by atoms with E-state index >= 15 is 0 Å². The van der Waals surface area contributed by atoms with Crippen molar-refractivity contribution in [3.8, 4) is 16.8 Å². The van der Waals surface area contributed by atoms with E-state index in [1.165, 1.54) is 11.3 Å². The van der Waals surface area contributed by atoms with E-state index < -0.39 is 0 Å². The molecule has 86 valence electrons. The molecule has 4 heteroatoms. The molecule has 18 heavy (non-hydrogen) atoms. The van der Waals surface area contributed by atoms with Crippen molar-refractivity contribution in [1.29, 1.82) is 5.26 Å². The van der Waals surface area contributed by atoms with Gasteiger partial charge in [-0.25, -0.2) is 9.97 Å². The minimum absolute atomic E-state index is 0.351. The van der Waals surface area contributed by atoms with Gasteiger partial charge in [0.15, 0.2) is 0 Å². The second-order valence-corrected chi connectivity index (χ2v) is 4.73. The van der Waals surface area contributed by atoms with Crippen molar-refractivity contribution < 1.29 is 0 Å². The van der Waals surface area contributed by atoms with Crippen LogP contribution >= 0.6 is 11.3 Å². The summed E-state index contributed by atoms with van der Waals surface area (Å²) in [5.41, 5.74) is 2.64. The molecule has 2 heterocycles. The number of thiazole rings is 1. The van der Waals surface area contributed by atoms with Crippen molar-refractivity contribution in [3.63, 3.8) is 0 Å². The molecule has 0 N–H and O–H groups in total. The van der Waals surface area contributed by atoms with Crippen LogP contribution in [0, 0.1) is 11.3 Å². The smallest absolute Gasteiger partial charge is 0.142 e. The lowest BCUT2D eigenvalue weighted by Crippen LogP contribution is -1.86. The van der Waals surface area contributed by atoms with Gasteiger partial charge in [0.25, 0.3) is 0 Å². The molecule has 2 aromatic heterocycles.